The van der Waals surface area contributed by atoms with Crippen LogP contribution in [-0.2, 0) is 9.47 Å². The number of hydrogen-bond acceptors (Lipinski definition) is 4. The van der Waals surface area contributed by atoms with Crippen LogP contribution in [0.25, 0.3) is 0 Å². The summed E-state index contributed by atoms with van der Waals surface area (Å²) in [7, 11) is 3.34. The summed E-state index contributed by atoms with van der Waals surface area (Å²) in [5.41, 5.74) is 0.553. The second-order valence-electron chi connectivity index (χ2n) is 4.99. The molecule has 1 saturated heterocycles. The number of rotatable bonds is 6. The molecule has 1 fully saturated rings. The van der Waals surface area contributed by atoms with Crippen LogP contribution in [0.5, 0.6) is 0 Å². The molecular weight excluding hydrogens is 261 g/mol. The number of Topliss-reactive ketones (excluding diaryl/α,β-unsaturated/α-hetero) is 1. The molecule has 0 spiro atoms. The van der Waals surface area contributed by atoms with Gasteiger partial charge in [0.1, 0.15) is 5.82 Å². The topological polar surface area (TPSA) is 38.8 Å². The number of nitrogens with zero attached hydrogens (tertiary/aromatic N) is 1. The molecule has 110 valence electrons. The van der Waals surface area contributed by atoms with Crippen molar-refractivity contribution >= 4 is 5.78 Å². The van der Waals surface area contributed by atoms with E-state index in [1.807, 2.05) is 0 Å². The van der Waals surface area contributed by atoms with Gasteiger partial charge in [0.25, 0.3) is 0 Å². The number of carbonyl (C=O) groups excluding carboxylic acids is 1. The number of benzene rings is 1. The third-order valence-corrected chi connectivity index (χ3v) is 3.72. The zero-order chi connectivity index (χ0) is 14.5. The molecule has 1 aromatic rings. The number of methoxy groups -OCH3 is 2. The molecular formula is C15H20FNO3. The van der Waals surface area contributed by atoms with Crippen LogP contribution in [0.2, 0.25) is 0 Å². The zero-order valence-corrected chi connectivity index (χ0v) is 11.8. The fourth-order valence-corrected chi connectivity index (χ4v) is 2.49. The summed E-state index contributed by atoms with van der Waals surface area (Å²) in [6.45, 7) is 2.20. The first kappa shape index (κ1) is 15.1. The van der Waals surface area contributed by atoms with Gasteiger partial charge < -0.3 is 9.47 Å². The van der Waals surface area contributed by atoms with Crippen LogP contribution in [0.4, 0.5) is 4.39 Å². The molecule has 20 heavy (non-hydrogen) atoms. The van der Waals surface area contributed by atoms with Crippen molar-refractivity contribution in [2.24, 2.45) is 0 Å². The molecule has 0 aliphatic carbocycles. The number of likely N-dealkylation sites (tertiary alicyclic amines) is 1. The summed E-state index contributed by atoms with van der Waals surface area (Å²) in [5, 5.41) is 0. The minimum absolute atomic E-state index is 0.0276. The molecule has 2 rings (SSSR count). The van der Waals surface area contributed by atoms with Gasteiger partial charge in [0, 0.05) is 45.8 Å². The Morgan fingerprint density at radius 1 is 1.20 bits per heavy atom. The van der Waals surface area contributed by atoms with Crippen LogP contribution in [0.1, 0.15) is 16.8 Å². The third kappa shape index (κ3) is 3.62. The van der Waals surface area contributed by atoms with Crippen molar-refractivity contribution in [3.63, 3.8) is 0 Å². The van der Waals surface area contributed by atoms with Crippen molar-refractivity contribution in [3.8, 4) is 0 Å². The molecule has 4 nitrogen and oxygen atoms in total. The maximum atomic E-state index is 12.8. The predicted molar refractivity (Wildman–Crippen MR) is 73.4 cm³/mol. The zero-order valence-electron chi connectivity index (χ0n) is 11.8. The summed E-state index contributed by atoms with van der Waals surface area (Å²) in [6.07, 6.45) is 0.528. The van der Waals surface area contributed by atoms with E-state index in [4.69, 9.17) is 9.47 Å². The van der Waals surface area contributed by atoms with E-state index in [9.17, 15) is 9.18 Å². The standard InChI is InChI=1S/C15H20FNO3/c1-19-14-9-17(10-15(14)20-2)8-7-13(18)11-3-5-12(16)6-4-11/h3-6,14-15H,7-10H2,1-2H3. The molecule has 2 atom stereocenters. The molecule has 0 saturated carbocycles. The van der Waals surface area contributed by atoms with E-state index in [2.05, 4.69) is 4.90 Å². The van der Waals surface area contributed by atoms with E-state index in [-0.39, 0.29) is 23.8 Å². The predicted octanol–water partition coefficient (Wildman–Crippen LogP) is 1.74. The maximum Gasteiger partial charge on any atom is 0.164 e. The van der Waals surface area contributed by atoms with Gasteiger partial charge in [-0.25, -0.2) is 4.39 Å². The Balaban J connectivity index is 1.83. The average Bonchev–Trinajstić information content (AvgIpc) is 2.88. The minimum atomic E-state index is -0.327. The fraction of sp³-hybridized carbons (Fsp3) is 0.533. The van der Waals surface area contributed by atoms with E-state index in [1.165, 1.54) is 24.3 Å². The number of halogens is 1. The quantitative estimate of drug-likeness (QED) is 0.745. The van der Waals surface area contributed by atoms with Gasteiger partial charge in [-0.3, -0.25) is 9.69 Å². The van der Waals surface area contributed by atoms with Gasteiger partial charge in [-0.1, -0.05) is 0 Å². The Labute approximate surface area is 118 Å². The highest BCUT2D eigenvalue weighted by atomic mass is 19.1. The lowest BCUT2D eigenvalue weighted by Gasteiger charge is -2.14. The SMILES string of the molecule is COC1CN(CCC(=O)c2ccc(F)cc2)CC1OC. The first-order valence-corrected chi connectivity index (χ1v) is 6.70. The van der Waals surface area contributed by atoms with Crippen LogP contribution >= 0.6 is 0 Å². The highest BCUT2D eigenvalue weighted by Crippen LogP contribution is 2.16. The maximum absolute atomic E-state index is 12.8. The molecule has 0 bridgehead atoms. The Morgan fingerprint density at radius 3 is 2.25 bits per heavy atom. The first-order chi connectivity index (χ1) is 9.63. The highest BCUT2D eigenvalue weighted by Gasteiger charge is 2.32. The summed E-state index contributed by atoms with van der Waals surface area (Å²) in [4.78, 5) is 14.2. The van der Waals surface area contributed by atoms with Crippen LogP contribution in [0, 0.1) is 5.82 Å². The monoisotopic (exact) mass is 281 g/mol. The molecule has 1 aliphatic rings. The van der Waals surface area contributed by atoms with E-state index in [0.717, 1.165) is 13.1 Å². The van der Waals surface area contributed by atoms with Crippen molar-refractivity contribution in [2.75, 3.05) is 33.9 Å². The van der Waals surface area contributed by atoms with Crippen molar-refractivity contribution in [1.29, 1.82) is 0 Å². The van der Waals surface area contributed by atoms with Gasteiger partial charge in [-0.2, -0.15) is 0 Å². The first-order valence-electron chi connectivity index (χ1n) is 6.70. The van der Waals surface area contributed by atoms with E-state index < -0.39 is 0 Å². The smallest absolute Gasteiger partial charge is 0.164 e. The number of carbonyl (C=O) groups is 1. The molecule has 5 heteroatoms. The van der Waals surface area contributed by atoms with E-state index in [1.54, 1.807) is 14.2 Å². The summed E-state index contributed by atoms with van der Waals surface area (Å²) in [5.74, 6) is -0.299. The minimum Gasteiger partial charge on any atom is -0.377 e. The Morgan fingerprint density at radius 2 is 1.75 bits per heavy atom. The molecule has 2 unspecified atom stereocenters. The van der Waals surface area contributed by atoms with Crippen LogP contribution in [0.3, 0.4) is 0 Å². The normalized spacial score (nSPS) is 23.1. The van der Waals surface area contributed by atoms with Crippen LogP contribution in [-0.4, -0.2) is 56.7 Å². The largest absolute Gasteiger partial charge is 0.377 e. The molecule has 1 heterocycles. The molecule has 1 aromatic carbocycles. The molecule has 1 aliphatic heterocycles. The van der Waals surface area contributed by atoms with Crippen LogP contribution in [0.15, 0.2) is 24.3 Å². The van der Waals surface area contributed by atoms with Gasteiger partial charge in [0.15, 0.2) is 5.78 Å². The Hall–Kier alpha value is -1.30. The summed E-state index contributed by atoms with van der Waals surface area (Å²) < 4.78 is 23.5. The Bertz CT molecular complexity index is 437. The number of hydrogen-bond donors (Lipinski definition) is 0. The molecule has 0 radical (unpaired) electrons. The van der Waals surface area contributed by atoms with Crippen molar-refractivity contribution in [2.45, 2.75) is 18.6 Å². The van der Waals surface area contributed by atoms with Gasteiger partial charge in [-0.15, -0.1) is 0 Å². The lowest BCUT2D eigenvalue weighted by Crippen LogP contribution is -2.27. The van der Waals surface area contributed by atoms with Crippen molar-refractivity contribution < 1.29 is 18.7 Å². The van der Waals surface area contributed by atoms with Crippen molar-refractivity contribution in [1.82, 2.24) is 4.90 Å². The lowest BCUT2D eigenvalue weighted by molar-refractivity contribution is -0.00461. The fourth-order valence-electron chi connectivity index (χ4n) is 2.49. The molecule has 0 amide bonds. The second kappa shape index (κ2) is 6.92. The van der Waals surface area contributed by atoms with Gasteiger partial charge >= 0.3 is 0 Å². The van der Waals surface area contributed by atoms with Gasteiger partial charge in [-0.05, 0) is 24.3 Å². The highest BCUT2D eigenvalue weighted by molar-refractivity contribution is 5.96. The second-order valence-corrected chi connectivity index (χ2v) is 4.99. The summed E-state index contributed by atoms with van der Waals surface area (Å²) in [6, 6.07) is 5.67. The van der Waals surface area contributed by atoms with Gasteiger partial charge in [0.05, 0.1) is 12.2 Å². The van der Waals surface area contributed by atoms with Gasteiger partial charge in [0.2, 0.25) is 0 Å². The average molecular weight is 281 g/mol. The third-order valence-electron chi connectivity index (χ3n) is 3.72. The molecule has 0 aromatic heterocycles. The number of ether oxygens (including phenoxy) is 2. The number of ketones is 1. The lowest BCUT2D eigenvalue weighted by atomic mass is 10.1. The van der Waals surface area contributed by atoms with E-state index in [0.29, 0.717) is 18.5 Å². The summed E-state index contributed by atoms with van der Waals surface area (Å²) >= 11 is 0. The van der Waals surface area contributed by atoms with E-state index >= 15 is 0 Å². The Kier molecular flexibility index (Phi) is 5.23. The van der Waals surface area contributed by atoms with Crippen LogP contribution < -0.4 is 0 Å². The van der Waals surface area contributed by atoms with Crippen molar-refractivity contribution in [3.05, 3.63) is 35.6 Å². The molecule has 0 N–H and O–H groups in total.